The number of hydrogen-bond acceptors (Lipinski definition) is 5. The van der Waals surface area contributed by atoms with Gasteiger partial charge >= 0.3 is 5.97 Å². The number of aliphatic hydroxyl groups excluding tert-OH is 1. The molecule has 0 fully saturated rings. The SMILES string of the molecule is O=C(O)c1cn[nH]c1S(=O)(=O)NCCCCO. The normalized spacial score (nSPS) is 11.6. The topological polar surface area (TPSA) is 132 Å². The van der Waals surface area contributed by atoms with Gasteiger partial charge in [-0.25, -0.2) is 17.9 Å². The molecule has 0 aliphatic rings. The number of aromatic carboxylic acids is 1. The molecular weight excluding hydrogens is 250 g/mol. The van der Waals surface area contributed by atoms with Crippen molar-refractivity contribution in [1.29, 1.82) is 0 Å². The number of H-pyrrole nitrogens is 1. The Labute approximate surface area is 97.7 Å². The van der Waals surface area contributed by atoms with Gasteiger partial charge in [0.05, 0.1) is 6.20 Å². The molecule has 0 bridgehead atoms. The van der Waals surface area contributed by atoms with Crippen LogP contribution in [0.15, 0.2) is 11.2 Å². The van der Waals surface area contributed by atoms with Gasteiger partial charge in [-0.1, -0.05) is 0 Å². The van der Waals surface area contributed by atoms with Crippen molar-refractivity contribution in [2.45, 2.75) is 17.9 Å². The molecule has 1 rings (SSSR count). The average molecular weight is 263 g/mol. The number of aromatic nitrogens is 2. The molecule has 0 unspecified atom stereocenters. The maximum Gasteiger partial charge on any atom is 0.340 e. The first kappa shape index (κ1) is 13.6. The summed E-state index contributed by atoms with van der Waals surface area (Å²) in [6, 6.07) is 0. The quantitative estimate of drug-likeness (QED) is 0.474. The second-order valence-corrected chi connectivity index (χ2v) is 4.95. The maximum absolute atomic E-state index is 11.7. The predicted molar refractivity (Wildman–Crippen MR) is 57.1 cm³/mol. The van der Waals surface area contributed by atoms with E-state index in [0.29, 0.717) is 12.8 Å². The zero-order valence-corrected chi connectivity index (χ0v) is 9.70. The highest BCUT2D eigenvalue weighted by molar-refractivity contribution is 7.89. The molecule has 4 N–H and O–H groups in total. The summed E-state index contributed by atoms with van der Waals surface area (Å²) in [5.74, 6) is -1.37. The Balaban J connectivity index is 2.76. The number of carboxylic acid groups (broad SMARTS) is 1. The zero-order chi connectivity index (χ0) is 12.9. The standard InChI is InChI=1S/C8H13N3O5S/c12-4-2-1-3-10-17(15,16)7-6(8(13)14)5-9-11-7/h5,10,12H,1-4H2,(H,9,11)(H,13,14). The van der Waals surface area contributed by atoms with Crippen LogP contribution in [0.4, 0.5) is 0 Å². The fourth-order valence-corrected chi connectivity index (χ4v) is 2.31. The number of carboxylic acids is 1. The van der Waals surface area contributed by atoms with Gasteiger partial charge in [-0.2, -0.15) is 5.10 Å². The van der Waals surface area contributed by atoms with Crippen LogP contribution in [0.25, 0.3) is 0 Å². The van der Waals surface area contributed by atoms with Gasteiger partial charge in [0.25, 0.3) is 10.0 Å². The molecule has 0 atom stereocenters. The van der Waals surface area contributed by atoms with E-state index in [4.69, 9.17) is 10.2 Å². The highest BCUT2D eigenvalue weighted by Crippen LogP contribution is 2.11. The molecule has 0 aliphatic carbocycles. The van der Waals surface area contributed by atoms with Crippen LogP contribution in [0.2, 0.25) is 0 Å². The minimum Gasteiger partial charge on any atom is -0.478 e. The summed E-state index contributed by atoms with van der Waals surface area (Å²) in [4.78, 5) is 10.7. The third kappa shape index (κ3) is 3.51. The smallest absolute Gasteiger partial charge is 0.340 e. The minimum absolute atomic E-state index is 0.0217. The highest BCUT2D eigenvalue weighted by Gasteiger charge is 2.24. The number of nitrogens with zero attached hydrogens (tertiary/aromatic N) is 1. The number of aliphatic hydroxyl groups is 1. The van der Waals surface area contributed by atoms with Crippen LogP contribution in [-0.4, -0.2) is 47.9 Å². The summed E-state index contributed by atoms with van der Waals surface area (Å²) in [5, 5.41) is 22.3. The molecule has 0 saturated carbocycles. The summed E-state index contributed by atoms with van der Waals surface area (Å²) in [7, 11) is -3.90. The summed E-state index contributed by atoms with van der Waals surface area (Å²) < 4.78 is 25.6. The van der Waals surface area contributed by atoms with Crippen LogP contribution >= 0.6 is 0 Å². The number of hydrogen-bond donors (Lipinski definition) is 4. The van der Waals surface area contributed by atoms with Crippen LogP contribution in [-0.2, 0) is 10.0 Å². The lowest BCUT2D eigenvalue weighted by molar-refractivity contribution is 0.0692. The van der Waals surface area contributed by atoms with E-state index in [1.165, 1.54) is 0 Å². The fraction of sp³-hybridized carbons (Fsp3) is 0.500. The number of unbranched alkanes of at least 4 members (excludes halogenated alkanes) is 1. The lowest BCUT2D eigenvalue weighted by Crippen LogP contribution is -2.26. The largest absolute Gasteiger partial charge is 0.478 e. The monoisotopic (exact) mass is 263 g/mol. The average Bonchev–Trinajstić information content (AvgIpc) is 2.74. The molecule has 1 aromatic heterocycles. The van der Waals surface area contributed by atoms with Gasteiger partial charge in [0.2, 0.25) is 0 Å². The van der Waals surface area contributed by atoms with Crippen molar-refractivity contribution < 1.29 is 23.4 Å². The van der Waals surface area contributed by atoms with Gasteiger partial charge in [-0.3, -0.25) is 5.10 Å². The Morgan fingerprint density at radius 1 is 1.47 bits per heavy atom. The van der Waals surface area contributed by atoms with Gasteiger partial charge in [-0.05, 0) is 12.8 Å². The van der Waals surface area contributed by atoms with Crippen molar-refractivity contribution >= 4 is 16.0 Å². The van der Waals surface area contributed by atoms with E-state index in [1.807, 2.05) is 0 Å². The van der Waals surface area contributed by atoms with Crippen LogP contribution in [0.1, 0.15) is 23.2 Å². The van der Waals surface area contributed by atoms with Crippen LogP contribution in [0.3, 0.4) is 0 Å². The van der Waals surface area contributed by atoms with Gasteiger partial charge in [-0.15, -0.1) is 0 Å². The Bertz CT molecular complexity index is 481. The summed E-state index contributed by atoms with van der Waals surface area (Å²) in [6.07, 6.45) is 1.87. The van der Waals surface area contributed by atoms with Crippen molar-refractivity contribution in [3.05, 3.63) is 11.8 Å². The number of aromatic amines is 1. The maximum atomic E-state index is 11.7. The fourth-order valence-electron chi connectivity index (χ4n) is 1.15. The predicted octanol–water partition coefficient (Wildman–Crippen LogP) is -0.841. The molecule has 17 heavy (non-hydrogen) atoms. The highest BCUT2D eigenvalue weighted by atomic mass is 32.2. The first-order valence-electron chi connectivity index (χ1n) is 4.86. The van der Waals surface area contributed by atoms with Gasteiger partial charge in [0, 0.05) is 13.2 Å². The van der Waals surface area contributed by atoms with Crippen LogP contribution in [0.5, 0.6) is 0 Å². The molecule has 0 saturated heterocycles. The minimum atomic E-state index is -3.90. The number of nitrogens with one attached hydrogen (secondary N) is 2. The van der Waals surface area contributed by atoms with E-state index in [9.17, 15) is 13.2 Å². The van der Waals surface area contributed by atoms with Gasteiger partial charge < -0.3 is 10.2 Å². The molecule has 0 radical (unpaired) electrons. The lowest BCUT2D eigenvalue weighted by Gasteiger charge is -2.04. The molecule has 9 heteroatoms. The Kier molecular flexibility index (Phi) is 4.61. The van der Waals surface area contributed by atoms with Crippen LogP contribution < -0.4 is 4.72 Å². The van der Waals surface area contributed by atoms with E-state index in [2.05, 4.69) is 14.9 Å². The van der Waals surface area contributed by atoms with Gasteiger partial charge in [0.1, 0.15) is 5.56 Å². The van der Waals surface area contributed by atoms with Crippen molar-refractivity contribution in [3.8, 4) is 0 Å². The molecule has 96 valence electrons. The second-order valence-electron chi connectivity index (χ2n) is 3.25. The third-order valence-electron chi connectivity index (χ3n) is 1.98. The van der Waals surface area contributed by atoms with Crippen LogP contribution in [0, 0.1) is 0 Å². The molecule has 1 heterocycles. The molecule has 1 aromatic rings. The molecule has 8 nitrogen and oxygen atoms in total. The van der Waals surface area contributed by atoms with Crippen molar-refractivity contribution in [2.75, 3.05) is 13.2 Å². The summed E-state index contributed by atoms with van der Waals surface area (Å²) >= 11 is 0. The Morgan fingerprint density at radius 3 is 2.76 bits per heavy atom. The number of rotatable bonds is 7. The summed E-state index contributed by atoms with van der Waals surface area (Å²) in [6.45, 7) is 0.104. The van der Waals surface area contributed by atoms with Crippen molar-refractivity contribution in [2.24, 2.45) is 0 Å². The molecule has 0 aliphatic heterocycles. The number of sulfonamides is 1. The van der Waals surface area contributed by atoms with Crippen molar-refractivity contribution in [1.82, 2.24) is 14.9 Å². The molecule has 0 amide bonds. The number of carbonyl (C=O) groups is 1. The first-order chi connectivity index (χ1) is 7.99. The molecule has 0 aromatic carbocycles. The third-order valence-corrected chi connectivity index (χ3v) is 3.41. The van der Waals surface area contributed by atoms with Crippen molar-refractivity contribution in [3.63, 3.8) is 0 Å². The zero-order valence-electron chi connectivity index (χ0n) is 8.88. The van der Waals surface area contributed by atoms with E-state index in [-0.39, 0.29) is 13.2 Å². The Hall–Kier alpha value is -1.45. The lowest BCUT2D eigenvalue weighted by atomic mass is 10.3. The van der Waals surface area contributed by atoms with E-state index >= 15 is 0 Å². The first-order valence-corrected chi connectivity index (χ1v) is 6.34. The summed E-state index contributed by atoms with van der Waals surface area (Å²) in [5.41, 5.74) is -0.403. The van der Waals surface area contributed by atoms with E-state index < -0.39 is 26.6 Å². The van der Waals surface area contributed by atoms with E-state index in [0.717, 1.165) is 6.20 Å². The second kappa shape index (κ2) is 5.75. The Morgan fingerprint density at radius 2 is 2.18 bits per heavy atom. The van der Waals surface area contributed by atoms with Gasteiger partial charge in [0.15, 0.2) is 5.03 Å². The molecular formula is C8H13N3O5S. The van der Waals surface area contributed by atoms with E-state index in [1.54, 1.807) is 0 Å². The molecule has 0 spiro atoms.